The molecule has 0 saturated carbocycles. The molecule has 148 valence electrons. The van der Waals surface area contributed by atoms with Crippen LogP contribution in [0.15, 0.2) is 30.3 Å². The highest BCUT2D eigenvalue weighted by Gasteiger charge is 2.41. The summed E-state index contributed by atoms with van der Waals surface area (Å²) in [7, 11) is 1.05. The van der Waals surface area contributed by atoms with Crippen molar-refractivity contribution < 1.29 is 42.2 Å². The van der Waals surface area contributed by atoms with E-state index in [0.717, 1.165) is 7.11 Å². The molecule has 0 aliphatic carbocycles. The lowest BCUT2D eigenvalue weighted by Gasteiger charge is -2.21. The summed E-state index contributed by atoms with van der Waals surface area (Å²) >= 11 is 0. The van der Waals surface area contributed by atoms with Crippen LogP contribution in [0.4, 0.5) is 13.2 Å². The average molecular weight is 390 g/mol. The molecule has 0 bridgehead atoms. The second kappa shape index (κ2) is 9.55. The molecular weight excluding hydrogens is 373 g/mol. The maximum atomic E-state index is 12.4. The molecule has 2 unspecified atom stereocenters. The summed E-state index contributed by atoms with van der Waals surface area (Å²) in [5.74, 6) is -6.23. The van der Waals surface area contributed by atoms with Crippen molar-refractivity contribution in [1.82, 2.24) is 10.6 Å². The standard InChI is InChI=1S/C16H17F3N2O6/c1-27-14(25)11(7-9-5-3-2-4-6-9)20-13(24)10(8-12(22)23)21-15(26)16(17,18)19/h2-6,10-11H,7-8H2,1H3,(H,20,24)(H,21,26)(H,22,23). The minimum atomic E-state index is -5.30. The van der Waals surface area contributed by atoms with Crippen LogP contribution in [0.3, 0.4) is 0 Å². The van der Waals surface area contributed by atoms with E-state index in [1.165, 1.54) is 5.32 Å². The van der Waals surface area contributed by atoms with Gasteiger partial charge in [-0.2, -0.15) is 13.2 Å². The molecule has 2 atom stereocenters. The molecule has 0 aromatic heterocycles. The number of carboxylic acid groups (broad SMARTS) is 1. The largest absolute Gasteiger partial charge is 0.481 e. The Kier molecular flexibility index (Phi) is 7.76. The number of ether oxygens (including phenoxy) is 1. The molecule has 8 nitrogen and oxygen atoms in total. The SMILES string of the molecule is COC(=O)C(Cc1ccccc1)NC(=O)C(CC(=O)O)NC(=O)C(F)(F)F. The Morgan fingerprint density at radius 1 is 1.07 bits per heavy atom. The molecule has 2 amide bonds. The van der Waals surface area contributed by atoms with E-state index in [4.69, 9.17) is 5.11 Å². The van der Waals surface area contributed by atoms with Crippen LogP contribution in [0.1, 0.15) is 12.0 Å². The lowest BCUT2D eigenvalue weighted by molar-refractivity contribution is -0.175. The van der Waals surface area contributed by atoms with E-state index in [1.807, 2.05) is 0 Å². The first kappa shape index (κ1) is 21.9. The molecule has 11 heteroatoms. The van der Waals surface area contributed by atoms with Crippen molar-refractivity contribution in [2.45, 2.75) is 31.1 Å². The summed E-state index contributed by atoms with van der Waals surface area (Å²) in [5, 5.41) is 12.2. The second-order valence-corrected chi connectivity index (χ2v) is 5.40. The first-order valence-corrected chi connectivity index (χ1v) is 7.56. The lowest BCUT2D eigenvalue weighted by atomic mass is 10.0. The Bertz CT molecular complexity index is 693. The minimum absolute atomic E-state index is 0.0493. The zero-order valence-electron chi connectivity index (χ0n) is 14.1. The average Bonchev–Trinajstić information content (AvgIpc) is 2.59. The molecule has 1 rings (SSSR count). The fourth-order valence-electron chi connectivity index (χ4n) is 2.08. The van der Waals surface area contributed by atoms with Gasteiger partial charge in [0.2, 0.25) is 5.91 Å². The van der Waals surface area contributed by atoms with Gasteiger partial charge in [-0.3, -0.25) is 14.4 Å². The smallest absolute Gasteiger partial charge is 0.471 e. The van der Waals surface area contributed by atoms with Gasteiger partial charge in [0.25, 0.3) is 0 Å². The Morgan fingerprint density at radius 2 is 1.67 bits per heavy atom. The molecule has 0 aliphatic heterocycles. The van der Waals surface area contributed by atoms with Gasteiger partial charge in [0.05, 0.1) is 13.5 Å². The first-order chi connectivity index (χ1) is 12.5. The quantitative estimate of drug-likeness (QED) is 0.553. The number of benzene rings is 1. The number of carbonyl (C=O) groups is 4. The molecule has 0 radical (unpaired) electrons. The molecule has 1 aromatic carbocycles. The highest BCUT2D eigenvalue weighted by molar-refractivity contribution is 5.94. The number of carbonyl (C=O) groups excluding carboxylic acids is 3. The Labute approximate surface area is 151 Å². The van der Waals surface area contributed by atoms with E-state index in [-0.39, 0.29) is 6.42 Å². The van der Waals surface area contributed by atoms with Crippen LogP contribution in [-0.4, -0.2) is 54.2 Å². The van der Waals surface area contributed by atoms with Crippen molar-refractivity contribution in [3.8, 4) is 0 Å². The van der Waals surface area contributed by atoms with Crippen molar-refractivity contribution in [1.29, 1.82) is 0 Å². The van der Waals surface area contributed by atoms with E-state index in [0.29, 0.717) is 5.56 Å². The van der Waals surface area contributed by atoms with Gasteiger partial charge in [-0.15, -0.1) is 0 Å². The van der Waals surface area contributed by atoms with Gasteiger partial charge in [-0.1, -0.05) is 30.3 Å². The van der Waals surface area contributed by atoms with Crippen molar-refractivity contribution in [3.63, 3.8) is 0 Å². The number of carboxylic acids is 1. The summed E-state index contributed by atoms with van der Waals surface area (Å²) in [5.41, 5.74) is 0.613. The topological polar surface area (TPSA) is 122 Å². The van der Waals surface area contributed by atoms with Crippen LogP contribution in [0.25, 0.3) is 0 Å². The van der Waals surface area contributed by atoms with E-state index >= 15 is 0 Å². The summed E-state index contributed by atoms with van der Waals surface area (Å²) in [6, 6.07) is 5.02. The number of esters is 1. The number of rotatable bonds is 8. The summed E-state index contributed by atoms with van der Waals surface area (Å²) in [6.07, 6.45) is -6.46. The molecule has 1 aromatic rings. The molecule has 0 saturated heterocycles. The van der Waals surface area contributed by atoms with E-state index in [2.05, 4.69) is 10.1 Å². The van der Waals surface area contributed by atoms with Gasteiger partial charge in [0.1, 0.15) is 12.1 Å². The normalized spacial score (nSPS) is 13.2. The first-order valence-electron chi connectivity index (χ1n) is 7.56. The van der Waals surface area contributed by atoms with Gasteiger partial charge in [0.15, 0.2) is 0 Å². The van der Waals surface area contributed by atoms with Crippen LogP contribution in [0.5, 0.6) is 0 Å². The number of methoxy groups -OCH3 is 1. The monoisotopic (exact) mass is 390 g/mol. The van der Waals surface area contributed by atoms with Gasteiger partial charge >= 0.3 is 24.0 Å². The van der Waals surface area contributed by atoms with Gasteiger partial charge < -0.3 is 20.5 Å². The van der Waals surface area contributed by atoms with E-state index < -0.39 is 48.4 Å². The number of alkyl halides is 3. The van der Waals surface area contributed by atoms with Gasteiger partial charge in [0, 0.05) is 6.42 Å². The Balaban J connectivity index is 2.94. The third-order valence-electron chi connectivity index (χ3n) is 3.34. The van der Waals surface area contributed by atoms with Crippen molar-refractivity contribution >= 4 is 23.8 Å². The molecule has 3 N–H and O–H groups in total. The van der Waals surface area contributed by atoms with Crippen LogP contribution in [-0.2, 0) is 30.3 Å². The number of halogens is 3. The van der Waals surface area contributed by atoms with Gasteiger partial charge in [-0.25, -0.2) is 4.79 Å². The number of aliphatic carboxylic acids is 1. The summed E-state index contributed by atoms with van der Waals surface area (Å²) in [4.78, 5) is 45.9. The van der Waals surface area contributed by atoms with E-state index in [9.17, 15) is 32.3 Å². The summed E-state index contributed by atoms with van der Waals surface area (Å²) in [6.45, 7) is 0. The maximum absolute atomic E-state index is 12.4. The fraction of sp³-hybridized carbons (Fsp3) is 0.375. The number of nitrogens with one attached hydrogen (secondary N) is 2. The zero-order chi connectivity index (χ0) is 20.6. The highest BCUT2D eigenvalue weighted by atomic mass is 19.4. The predicted octanol–water partition coefficient (Wildman–Crippen LogP) is 0.409. The van der Waals surface area contributed by atoms with Gasteiger partial charge in [-0.05, 0) is 5.56 Å². The molecule has 0 fully saturated rings. The number of hydrogen-bond donors (Lipinski definition) is 3. The van der Waals surface area contributed by atoms with Crippen molar-refractivity contribution in [2.24, 2.45) is 0 Å². The lowest BCUT2D eigenvalue weighted by Crippen LogP contribution is -2.55. The third kappa shape index (κ3) is 7.34. The van der Waals surface area contributed by atoms with Crippen LogP contribution < -0.4 is 10.6 Å². The summed E-state index contributed by atoms with van der Waals surface area (Å²) < 4.78 is 41.7. The van der Waals surface area contributed by atoms with Crippen LogP contribution >= 0.6 is 0 Å². The zero-order valence-corrected chi connectivity index (χ0v) is 14.1. The fourth-order valence-corrected chi connectivity index (χ4v) is 2.08. The Morgan fingerprint density at radius 3 is 2.15 bits per heavy atom. The second-order valence-electron chi connectivity index (χ2n) is 5.40. The van der Waals surface area contributed by atoms with Crippen LogP contribution in [0, 0.1) is 0 Å². The molecule has 0 heterocycles. The maximum Gasteiger partial charge on any atom is 0.471 e. The van der Waals surface area contributed by atoms with Crippen molar-refractivity contribution in [2.75, 3.05) is 7.11 Å². The minimum Gasteiger partial charge on any atom is -0.481 e. The number of hydrogen-bond acceptors (Lipinski definition) is 5. The Hall–Kier alpha value is -3.11. The van der Waals surface area contributed by atoms with Crippen molar-refractivity contribution in [3.05, 3.63) is 35.9 Å². The molecule has 27 heavy (non-hydrogen) atoms. The predicted molar refractivity (Wildman–Crippen MR) is 84.3 cm³/mol. The highest BCUT2D eigenvalue weighted by Crippen LogP contribution is 2.15. The van der Waals surface area contributed by atoms with E-state index in [1.54, 1.807) is 30.3 Å². The number of amides is 2. The third-order valence-corrected chi connectivity index (χ3v) is 3.34. The molecule has 0 aliphatic rings. The molecular formula is C16H17F3N2O6. The molecule has 0 spiro atoms. The van der Waals surface area contributed by atoms with Crippen LogP contribution in [0.2, 0.25) is 0 Å².